The Labute approximate surface area is 199 Å². The van der Waals surface area contributed by atoms with Crippen LogP contribution in [0.15, 0.2) is 60.7 Å². The number of anilines is 2. The van der Waals surface area contributed by atoms with Crippen LogP contribution in [0.4, 0.5) is 33.7 Å². The molecule has 3 aromatic carbocycles. The fourth-order valence-corrected chi connectivity index (χ4v) is 3.63. The van der Waals surface area contributed by atoms with Gasteiger partial charge in [0.15, 0.2) is 11.6 Å². The lowest BCUT2D eigenvalue weighted by Gasteiger charge is -2.33. The van der Waals surface area contributed by atoms with E-state index in [2.05, 4.69) is 11.8 Å². The van der Waals surface area contributed by atoms with Gasteiger partial charge in [-0.1, -0.05) is 42.2 Å². The largest absolute Gasteiger partial charge is 0.485 e. The van der Waals surface area contributed by atoms with Crippen molar-refractivity contribution in [2.45, 2.75) is 13.0 Å². The second-order valence-corrected chi connectivity index (χ2v) is 7.62. The van der Waals surface area contributed by atoms with Crippen LogP contribution in [-0.2, 0) is 11.3 Å². The maximum absolute atomic E-state index is 15.1. The highest BCUT2D eigenvalue weighted by Gasteiger charge is 2.31. The Bertz CT molecular complexity index is 1270. The number of hydrogen-bond donors (Lipinski definition) is 0. The molecule has 0 bridgehead atoms. The molecule has 3 aromatic rings. The van der Waals surface area contributed by atoms with Crippen LogP contribution in [0.25, 0.3) is 0 Å². The Morgan fingerprint density at radius 3 is 2.34 bits per heavy atom. The van der Waals surface area contributed by atoms with Gasteiger partial charge in [-0.3, -0.25) is 9.80 Å². The highest BCUT2D eigenvalue weighted by molar-refractivity contribution is 6.04. The van der Waals surface area contributed by atoms with Gasteiger partial charge < -0.3 is 9.47 Å². The molecule has 0 aromatic heterocycles. The molecular weight excluding hydrogens is 464 g/mol. The maximum atomic E-state index is 15.1. The number of benzene rings is 3. The first-order valence-electron chi connectivity index (χ1n) is 10.6. The highest BCUT2D eigenvalue weighted by atomic mass is 19.3. The quantitative estimate of drug-likeness (QED) is 0.360. The summed E-state index contributed by atoms with van der Waals surface area (Å²) in [5.74, 6) is 3.54. The van der Waals surface area contributed by atoms with Gasteiger partial charge in [-0.15, -0.1) is 0 Å². The van der Waals surface area contributed by atoms with Gasteiger partial charge >= 0.3 is 6.03 Å². The summed E-state index contributed by atoms with van der Waals surface area (Å²) < 4.78 is 66.2. The predicted octanol–water partition coefficient (Wildman–Crippen LogP) is 5.56. The molecule has 9 heteroatoms. The van der Waals surface area contributed by atoms with Gasteiger partial charge in [-0.25, -0.2) is 22.4 Å². The Balaban J connectivity index is 1.66. The fourth-order valence-electron chi connectivity index (χ4n) is 3.63. The first-order valence-corrected chi connectivity index (χ1v) is 10.6. The summed E-state index contributed by atoms with van der Waals surface area (Å²) in [7, 11) is 1.37. The molecule has 1 aliphatic rings. The third-order valence-corrected chi connectivity index (χ3v) is 5.19. The zero-order valence-electron chi connectivity index (χ0n) is 18.6. The van der Waals surface area contributed by atoms with Gasteiger partial charge in [0.25, 0.3) is 6.43 Å². The second kappa shape index (κ2) is 10.5. The number of alkyl halides is 2. The lowest BCUT2D eigenvalue weighted by Crippen LogP contribution is -2.45. The molecule has 2 amide bonds. The normalized spacial score (nSPS) is 13.6. The third kappa shape index (κ3) is 5.39. The summed E-state index contributed by atoms with van der Waals surface area (Å²) in [6.45, 7) is -1.36. The minimum atomic E-state index is -2.72. The van der Waals surface area contributed by atoms with E-state index in [1.807, 2.05) is 6.07 Å². The van der Waals surface area contributed by atoms with E-state index >= 15 is 8.78 Å². The van der Waals surface area contributed by atoms with Gasteiger partial charge in [0.2, 0.25) is 0 Å². The van der Waals surface area contributed by atoms with Crippen LogP contribution in [-0.4, -0.2) is 32.8 Å². The molecule has 1 heterocycles. The Morgan fingerprint density at radius 2 is 1.66 bits per heavy atom. The number of ether oxygens (including phenoxy) is 2. The highest BCUT2D eigenvalue weighted by Crippen LogP contribution is 2.36. The molecular formula is C26H20F4N2O3. The van der Waals surface area contributed by atoms with E-state index in [0.29, 0.717) is 11.1 Å². The Morgan fingerprint density at radius 1 is 0.971 bits per heavy atom. The molecule has 0 saturated heterocycles. The standard InChI is InChI=1S/C26H20F4N2O3/c1-31-24-19(8-5-9-22(24)35-15-23(29)30)14-34-16-32(26(31)33)25-20(27)12-18(13-21(25)28)11-10-17-6-3-2-4-7-17/h2-9,12-13,23H,14-16H2,1H3. The number of hydrogen-bond acceptors (Lipinski definition) is 3. The molecule has 0 saturated carbocycles. The minimum absolute atomic E-state index is 0.0246. The number of rotatable bonds is 4. The molecule has 0 atom stereocenters. The first kappa shape index (κ1) is 24.1. The molecule has 1 aliphatic heterocycles. The second-order valence-electron chi connectivity index (χ2n) is 7.62. The van der Waals surface area contributed by atoms with E-state index in [9.17, 15) is 13.6 Å². The number of halogens is 4. The van der Waals surface area contributed by atoms with Gasteiger partial charge in [0.05, 0.1) is 12.3 Å². The number of carbonyl (C=O) groups is 1. The minimum Gasteiger partial charge on any atom is -0.485 e. The van der Waals surface area contributed by atoms with Crippen molar-refractivity contribution in [3.63, 3.8) is 0 Å². The number of carbonyl (C=O) groups excluding carboxylic acids is 1. The summed E-state index contributed by atoms with van der Waals surface area (Å²) in [4.78, 5) is 15.2. The van der Waals surface area contributed by atoms with Crippen molar-refractivity contribution in [1.29, 1.82) is 0 Å². The molecule has 0 fully saturated rings. The van der Waals surface area contributed by atoms with Crippen LogP contribution in [0.1, 0.15) is 16.7 Å². The van der Waals surface area contributed by atoms with E-state index in [1.54, 1.807) is 36.4 Å². The maximum Gasteiger partial charge on any atom is 0.330 e. The summed E-state index contributed by atoms with van der Waals surface area (Å²) in [5.41, 5.74) is 0.833. The molecule has 180 valence electrons. The van der Waals surface area contributed by atoms with E-state index < -0.39 is 43.1 Å². The van der Waals surface area contributed by atoms with Crippen LogP contribution in [0.3, 0.4) is 0 Å². The Kier molecular flexibility index (Phi) is 7.22. The molecule has 35 heavy (non-hydrogen) atoms. The van der Waals surface area contributed by atoms with Crippen molar-refractivity contribution in [3.8, 4) is 17.6 Å². The summed E-state index contributed by atoms with van der Waals surface area (Å²) in [6.07, 6.45) is -2.72. The summed E-state index contributed by atoms with van der Waals surface area (Å²) in [6, 6.07) is 14.8. The molecule has 4 rings (SSSR count). The van der Waals surface area contributed by atoms with Gasteiger partial charge in [0.1, 0.15) is 24.8 Å². The van der Waals surface area contributed by atoms with E-state index in [1.165, 1.54) is 13.1 Å². The van der Waals surface area contributed by atoms with E-state index in [4.69, 9.17) is 9.47 Å². The smallest absolute Gasteiger partial charge is 0.330 e. The summed E-state index contributed by atoms with van der Waals surface area (Å²) >= 11 is 0. The summed E-state index contributed by atoms with van der Waals surface area (Å²) in [5, 5.41) is 0. The van der Waals surface area contributed by atoms with Crippen LogP contribution in [0, 0.1) is 23.5 Å². The molecule has 0 spiro atoms. The fraction of sp³-hybridized carbons (Fsp3) is 0.192. The van der Waals surface area contributed by atoms with Crippen molar-refractivity contribution in [2.24, 2.45) is 0 Å². The zero-order chi connectivity index (χ0) is 24.9. The van der Waals surface area contributed by atoms with Crippen molar-refractivity contribution < 1.29 is 31.8 Å². The first-order chi connectivity index (χ1) is 16.8. The van der Waals surface area contributed by atoms with Crippen LogP contribution >= 0.6 is 0 Å². The third-order valence-electron chi connectivity index (χ3n) is 5.19. The molecule has 0 N–H and O–H groups in total. The van der Waals surface area contributed by atoms with Crippen molar-refractivity contribution in [3.05, 3.63) is 89.0 Å². The van der Waals surface area contributed by atoms with Crippen LogP contribution in [0.2, 0.25) is 0 Å². The van der Waals surface area contributed by atoms with Crippen molar-refractivity contribution in [1.82, 2.24) is 0 Å². The SMILES string of the molecule is CN1C(=O)N(c2c(F)cc(C#Cc3ccccc3)cc2F)COCc2cccc(OCC(F)F)c21. The number of para-hydroxylation sites is 1. The molecule has 5 nitrogen and oxygen atoms in total. The number of nitrogens with zero attached hydrogens (tertiary/aromatic N) is 2. The topological polar surface area (TPSA) is 42.0 Å². The lowest BCUT2D eigenvalue weighted by atomic mass is 10.1. The van der Waals surface area contributed by atoms with E-state index in [-0.39, 0.29) is 23.6 Å². The van der Waals surface area contributed by atoms with Crippen LogP contribution < -0.4 is 14.5 Å². The monoisotopic (exact) mass is 484 g/mol. The average molecular weight is 484 g/mol. The molecule has 0 unspecified atom stereocenters. The zero-order valence-corrected chi connectivity index (χ0v) is 18.6. The number of urea groups is 1. The lowest BCUT2D eigenvalue weighted by molar-refractivity contribution is 0.0817. The van der Waals surface area contributed by atoms with Gasteiger partial charge in [-0.2, -0.15) is 0 Å². The predicted molar refractivity (Wildman–Crippen MR) is 123 cm³/mol. The molecule has 0 radical (unpaired) electrons. The average Bonchev–Trinajstić information content (AvgIpc) is 2.84. The number of amides is 2. The Hall–Kier alpha value is -4.03. The number of fused-ring (bicyclic) bond motifs is 1. The van der Waals surface area contributed by atoms with E-state index in [0.717, 1.165) is 21.9 Å². The van der Waals surface area contributed by atoms with Crippen molar-refractivity contribution >= 4 is 17.4 Å². The van der Waals surface area contributed by atoms with Gasteiger partial charge in [0, 0.05) is 23.7 Å². The molecule has 0 aliphatic carbocycles. The van der Waals surface area contributed by atoms with Gasteiger partial charge in [-0.05, 0) is 30.3 Å². The van der Waals surface area contributed by atoms with Crippen LogP contribution in [0.5, 0.6) is 5.75 Å². The van der Waals surface area contributed by atoms with Crippen molar-refractivity contribution in [2.75, 3.05) is 30.2 Å².